The molecule has 0 saturated heterocycles. The molecule has 2 nitrogen and oxygen atoms in total. The Hall–Kier alpha value is -0.550. The first kappa shape index (κ1) is 10.5. The van der Waals surface area contributed by atoms with E-state index in [4.69, 9.17) is 5.26 Å². The van der Waals surface area contributed by atoms with Gasteiger partial charge in [-0.2, -0.15) is 5.26 Å². The first-order chi connectivity index (χ1) is 6.24. The molecule has 0 bridgehead atoms. The smallest absolute Gasteiger partial charge is 0.0666 e. The number of nitriles is 1. The molecule has 13 heavy (non-hydrogen) atoms. The minimum Gasteiger partial charge on any atom is -0.312 e. The van der Waals surface area contributed by atoms with Gasteiger partial charge in [0, 0.05) is 12.6 Å². The van der Waals surface area contributed by atoms with E-state index in [0.717, 1.165) is 12.5 Å². The van der Waals surface area contributed by atoms with Crippen molar-refractivity contribution in [3.05, 3.63) is 0 Å². The van der Waals surface area contributed by atoms with Crippen LogP contribution in [0, 0.1) is 23.2 Å². The van der Waals surface area contributed by atoms with Crippen molar-refractivity contribution in [2.24, 2.45) is 11.8 Å². The molecule has 1 rings (SSSR count). The summed E-state index contributed by atoms with van der Waals surface area (Å²) in [6.45, 7) is 5.14. The molecule has 0 aromatic heterocycles. The van der Waals surface area contributed by atoms with E-state index in [1.165, 1.54) is 25.7 Å². The Balaban J connectivity index is 2.23. The summed E-state index contributed by atoms with van der Waals surface area (Å²) in [6.07, 6.45) is 5.37. The molecule has 1 fully saturated rings. The van der Waals surface area contributed by atoms with Crippen molar-refractivity contribution in [2.75, 3.05) is 6.54 Å². The molecular formula is C11H20N2. The van der Waals surface area contributed by atoms with Crippen molar-refractivity contribution in [1.82, 2.24) is 5.32 Å². The van der Waals surface area contributed by atoms with Crippen LogP contribution < -0.4 is 5.32 Å². The van der Waals surface area contributed by atoms with E-state index in [1.54, 1.807) is 0 Å². The van der Waals surface area contributed by atoms with Crippen molar-refractivity contribution in [3.63, 3.8) is 0 Å². The topological polar surface area (TPSA) is 35.8 Å². The lowest BCUT2D eigenvalue weighted by molar-refractivity contribution is 0.276. The summed E-state index contributed by atoms with van der Waals surface area (Å²) < 4.78 is 0. The lowest BCUT2D eigenvalue weighted by atomic mass is 9.86. The van der Waals surface area contributed by atoms with Crippen molar-refractivity contribution in [3.8, 4) is 6.07 Å². The third-order valence-corrected chi connectivity index (χ3v) is 3.02. The molecule has 0 amide bonds. The average Bonchev–Trinajstić information content (AvgIpc) is 2.16. The van der Waals surface area contributed by atoms with Gasteiger partial charge in [0.05, 0.1) is 12.0 Å². The second kappa shape index (κ2) is 5.24. The maximum Gasteiger partial charge on any atom is 0.0666 e. The van der Waals surface area contributed by atoms with Gasteiger partial charge in [-0.25, -0.2) is 0 Å². The highest BCUT2D eigenvalue weighted by Crippen LogP contribution is 2.23. The van der Waals surface area contributed by atoms with E-state index >= 15 is 0 Å². The molecule has 2 heteroatoms. The third-order valence-electron chi connectivity index (χ3n) is 3.02. The molecule has 0 aromatic rings. The summed E-state index contributed by atoms with van der Waals surface area (Å²) in [6, 6.07) is 2.91. The predicted molar refractivity (Wildman–Crippen MR) is 54.2 cm³/mol. The lowest BCUT2D eigenvalue weighted by Crippen LogP contribution is -2.39. The zero-order chi connectivity index (χ0) is 9.68. The van der Waals surface area contributed by atoms with Crippen molar-refractivity contribution >= 4 is 0 Å². The largest absolute Gasteiger partial charge is 0.312 e. The van der Waals surface area contributed by atoms with Crippen LogP contribution >= 0.6 is 0 Å². The first-order valence-corrected chi connectivity index (χ1v) is 5.37. The Labute approximate surface area is 81.3 Å². The highest BCUT2D eigenvalue weighted by atomic mass is 14.9. The number of hydrogen-bond donors (Lipinski definition) is 1. The van der Waals surface area contributed by atoms with Crippen molar-refractivity contribution < 1.29 is 0 Å². The van der Waals surface area contributed by atoms with Gasteiger partial charge in [-0.3, -0.25) is 0 Å². The zero-order valence-electron chi connectivity index (χ0n) is 8.71. The van der Waals surface area contributed by atoms with E-state index in [-0.39, 0.29) is 5.92 Å². The second-order valence-electron chi connectivity index (χ2n) is 4.31. The van der Waals surface area contributed by atoms with Crippen LogP contribution in [-0.4, -0.2) is 12.6 Å². The monoisotopic (exact) mass is 180 g/mol. The number of rotatable bonds is 3. The van der Waals surface area contributed by atoms with Gasteiger partial charge in [0.2, 0.25) is 0 Å². The molecule has 1 aliphatic rings. The predicted octanol–water partition coefficient (Wildman–Crippen LogP) is 2.31. The van der Waals surface area contributed by atoms with Crippen LogP contribution in [0.4, 0.5) is 0 Å². The number of hydrogen-bond acceptors (Lipinski definition) is 2. The van der Waals surface area contributed by atoms with Crippen molar-refractivity contribution in [2.45, 2.75) is 45.6 Å². The third kappa shape index (κ3) is 3.36. The fourth-order valence-electron chi connectivity index (χ4n) is 1.99. The molecule has 0 spiro atoms. The number of nitrogens with one attached hydrogen (secondary N) is 1. The normalized spacial score (nSPS) is 30.8. The van der Waals surface area contributed by atoms with Gasteiger partial charge in [0.15, 0.2) is 0 Å². The van der Waals surface area contributed by atoms with Crippen LogP contribution in [-0.2, 0) is 0 Å². The fraction of sp³-hybridized carbons (Fsp3) is 0.909. The van der Waals surface area contributed by atoms with Crippen molar-refractivity contribution in [1.29, 1.82) is 5.26 Å². The molecule has 3 atom stereocenters. The summed E-state index contributed by atoms with van der Waals surface area (Å²) in [5, 5.41) is 12.1. The summed E-state index contributed by atoms with van der Waals surface area (Å²) >= 11 is 0. The van der Waals surface area contributed by atoms with Crippen LogP contribution in [0.2, 0.25) is 0 Å². The van der Waals surface area contributed by atoms with Gasteiger partial charge < -0.3 is 5.32 Å². The van der Waals surface area contributed by atoms with E-state index < -0.39 is 0 Å². The maximum absolute atomic E-state index is 8.64. The molecule has 0 aromatic carbocycles. The molecule has 74 valence electrons. The number of nitrogens with zero attached hydrogens (tertiary/aromatic N) is 1. The van der Waals surface area contributed by atoms with E-state index in [2.05, 4.69) is 18.3 Å². The Morgan fingerprint density at radius 2 is 2.15 bits per heavy atom. The Morgan fingerprint density at radius 1 is 1.46 bits per heavy atom. The molecule has 0 heterocycles. The van der Waals surface area contributed by atoms with Gasteiger partial charge in [-0.15, -0.1) is 0 Å². The molecule has 1 N–H and O–H groups in total. The molecule has 1 aliphatic carbocycles. The molecule has 0 aliphatic heterocycles. The minimum atomic E-state index is 0.147. The lowest BCUT2D eigenvalue weighted by Gasteiger charge is -2.30. The minimum absolute atomic E-state index is 0.147. The van der Waals surface area contributed by atoms with Crippen LogP contribution in [0.15, 0.2) is 0 Å². The first-order valence-electron chi connectivity index (χ1n) is 5.37. The molecular weight excluding hydrogens is 160 g/mol. The summed E-state index contributed by atoms with van der Waals surface area (Å²) in [7, 11) is 0. The SMILES string of the molecule is CC(C#N)CNC1CCCCC1C. The van der Waals surface area contributed by atoms with Gasteiger partial charge >= 0.3 is 0 Å². The highest BCUT2D eigenvalue weighted by molar-refractivity contribution is 4.84. The van der Waals surface area contributed by atoms with Crippen LogP contribution in [0.1, 0.15) is 39.5 Å². The van der Waals surface area contributed by atoms with Gasteiger partial charge in [0.1, 0.15) is 0 Å². The molecule has 0 radical (unpaired) electrons. The Bertz CT molecular complexity index is 183. The highest BCUT2D eigenvalue weighted by Gasteiger charge is 2.20. The standard InChI is InChI=1S/C11H20N2/c1-9(7-12)8-13-11-6-4-3-5-10(11)2/h9-11,13H,3-6,8H2,1-2H3. The van der Waals surface area contributed by atoms with Gasteiger partial charge in [0.25, 0.3) is 0 Å². The molecule has 1 saturated carbocycles. The summed E-state index contributed by atoms with van der Waals surface area (Å²) in [5.41, 5.74) is 0. The van der Waals surface area contributed by atoms with E-state index in [0.29, 0.717) is 6.04 Å². The Morgan fingerprint density at radius 3 is 2.77 bits per heavy atom. The zero-order valence-corrected chi connectivity index (χ0v) is 8.71. The van der Waals surface area contributed by atoms with Crippen LogP contribution in [0.25, 0.3) is 0 Å². The second-order valence-corrected chi connectivity index (χ2v) is 4.31. The Kier molecular flexibility index (Phi) is 4.24. The van der Waals surface area contributed by atoms with Crippen LogP contribution in [0.3, 0.4) is 0 Å². The van der Waals surface area contributed by atoms with Crippen LogP contribution in [0.5, 0.6) is 0 Å². The summed E-state index contributed by atoms with van der Waals surface area (Å²) in [5.74, 6) is 0.939. The van der Waals surface area contributed by atoms with E-state index in [9.17, 15) is 0 Å². The van der Waals surface area contributed by atoms with Gasteiger partial charge in [-0.1, -0.05) is 19.8 Å². The molecule has 3 unspecified atom stereocenters. The van der Waals surface area contributed by atoms with Gasteiger partial charge in [-0.05, 0) is 25.7 Å². The fourth-order valence-corrected chi connectivity index (χ4v) is 1.99. The quantitative estimate of drug-likeness (QED) is 0.723. The maximum atomic E-state index is 8.64. The van der Waals surface area contributed by atoms with E-state index in [1.807, 2.05) is 6.92 Å². The summed E-state index contributed by atoms with van der Waals surface area (Å²) in [4.78, 5) is 0. The average molecular weight is 180 g/mol.